The molecule has 108 valence electrons. The molecule has 0 aliphatic carbocycles. The predicted octanol–water partition coefficient (Wildman–Crippen LogP) is 1.63. The first-order valence-electron chi connectivity index (χ1n) is 6.52. The summed E-state index contributed by atoms with van der Waals surface area (Å²) < 4.78 is 22.2. The molecule has 0 amide bonds. The quantitative estimate of drug-likeness (QED) is 0.728. The Morgan fingerprint density at radius 3 is 2.70 bits per heavy atom. The van der Waals surface area contributed by atoms with Crippen LogP contribution in [0.15, 0.2) is 12.3 Å². The minimum absolute atomic E-state index is 0.355. The zero-order chi connectivity index (χ0) is 14.4. The molecule has 2 aliphatic heterocycles. The zero-order valence-corrected chi connectivity index (χ0v) is 11.8. The second-order valence-corrected chi connectivity index (χ2v) is 5.56. The van der Waals surface area contributed by atoms with Gasteiger partial charge in [0.2, 0.25) is 11.7 Å². The Labute approximate surface area is 117 Å². The van der Waals surface area contributed by atoms with Crippen LogP contribution in [-0.2, 0) is 20.0 Å². The minimum Gasteiger partial charge on any atom is -0.471 e. The lowest BCUT2D eigenvalue weighted by Gasteiger charge is -2.41. The molecule has 1 fully saturated rings. The number of nitrogens with zero attached hydrogens (tertiary/aromatic N) is 1. The van der Waals surface area contributed by atoms with Gasteiger partial charge in [-0.1, -0.05) is 0 Å². The predicted molar refractivity (Wildman–Crippen MR) is 68.5 cm³/mol. The first kappa shape index (κ1) is 13.3. The van der Waals surface area contributed by atoms with Gasteiger partial charge in [0.05, 0.1) is 31.5 Å². The van der Waals surface area contributed by atoms with Gasteiger partial charge in [0.15, 0.2) is 0 Å². The molecular formula is C14H17NO5. The van der Waals surface area contributed by atoms with Crippen LogP contribution in [0, 0.1) is 0 Å². The smallest absolute Gasteiger partial charge is 0.339 e. The molecule has 0 unspecified atom stereocenters. The first-order chi connectivity index (χ1) is 9.46. The van der Waals surface area contributed by atoms with Crippen LogP contribution in [-0.4, -0.2) is 36.9 Å². The Bertz CT molecular complexity index is 548. The van der Waals surface area contributed by atoms with Gasteiger partial charge in [0.25, 0.3) is 0 Å². The van der Waals surface area contributed by atoms with E-state index >= 15 is 0 Å². The largest absolute Gasteiger partial charge is 0.471 e. The number of carbonyl (C=O) groups excluding carboxylic acids is 1. The van der Waals surface area contributed by atoms with E-state index in [1.54, 1.807) is 6.07 Å². The number of hydrogen-bond donors (Lipinski definition) is 0. The van der Waals surface area contributed by atoms with Crippen LogP contribution in [0.5, 0.6) is 5.88 Å². The molecule has 20 heavy (non-hydrogen) atoms. The van der Waals surface area contributed by atoms with Gasteiger partial charge in [0, 0.05) is 12.6 Å². The lowest BCUT2D eigenvalue weighted by Crippen LogP contribution is -2.45. The van der Waals surface area contributed by atoms with Gasteiger partial charge in [0.1, 0.15) is 5.60 Å². The summed E-state index contributed by atoms with van der Waals surface area (Å²) in [5.74, 6) is -0.886. The summed E-state index contributed by atoms with van der Waals surface area (Å²) in [6, 6.07) is 1.68. The molecule has 0 aromatic carbocycles. The van der Waals surface area contributed by atoms with Gasteiger partial charge in [-0.2, -0.15) is 0 Å². The normalized spacial score (nSPS) is 22.1. The minimum atomic E-state index is -0.881. The number of methoxy groups -OCH3 is 1. The molecule has 6 nitrogen and oxygen atoms in total. The van der Waals surface area contributed by atoms with Crippen LogP contribution >= 0.6 is 0 Å². The standard InChI is InChI=1S/C14H17NO5/c1-13(2)8-14(18-4-5-19-14)10-6-9(12(16)17-3)7-15-11(10)20-13/h6-7H,4-5,8H2,1-3H3. The third kappa shape index (κ3) is 2.05. The lowest BCUT2D eigenvalue weighted by molar-refractivity contribution is -0.208. The average molecular weight is 279 g/mol. The molecule has 1 spiro atoms. The van der Waals surface area contributed by atoms with Gasteiger partial charge in [-0.05, 0) is 19.9 Å². The lowest BCUT2D eigenvalue weighted by atomic mass is 9.89. The first-order valence-corrected chi connectivity index (χ1v) is 6.52. The average Bonchev–Trinajstić information content (AvgIpc) is 2.85. The van der Waals surface area contributed by atoms with Gasteiger partial charge in [-0.3, -0.25) is 0 Å². The van der Waals surface area contributed by atoms with Crippen LogP contribution in [0.25, 0.3) is 0 Å². The number of ether oxygens (including phenoxy) is 4. The molecule has 1 aromatic rings. The van der Waals surface area contributed by atoms with Crippen LogP contribution in [0.2, 0.25) is 0 Å². The van der Waals surface area contributed by atoms with E-state index in [1.807, 2.05) is 13.8 Å². The van der Waals surface area contributed by atoms with E-state index < -0.39 is 17.4 Å². The molecule has 0 radical (unpaired) electrons. The second-order valence-electron chi connectivity index (χ2n) is 5.56. The summed E-state index contributed by atoms with van der Waals surface area (Å²) in [6.07, 6.45) is 1.98. The number of fused-ring (bicyclic) bond motifs is 2. The van der Waals surface area contributed by atoms with E-state index in [9.17, 15) is 4.79 Å². The Kier molecular flexibility index (Phi) is 2.95. The van der Waals surface area contributed by atoms with Crippen molar-refractivity contribution < 1.29 is 23.7 Å². The molecule has 0 N–H and O–H groups in total. The molecular weight excluding hydrogens is 262 g/mol. The van der Waals surface area contributed by atoms with Crippen LogP contribution in [0.4, 0.5) is 0 Å². The molecule has 2 aliphatic rings. The Morgan fingerprint density at radius 2 is 2.05 bits per heavy atom. The van der Waals surface area contributed by atoms with Gasteiger partial charge in [-0.25, -0.2) is 9.78 Å². The molecule has 6 heteroatoms. The molecule has 3 rings (SSSR count). The van der Waals surface area contributed by atoms with Crippen LogP contribution in [0.1, 0.15) is 36.2 Å². The zero-order valence-electron chi connectivity index (χ0n) is 11.8. The Balaban J connectivity index is 2.10. The highest BCUT2D eigenvalue weighted by molar-refractivity contribution is 5.89. The fourth-order valence-electron chi connectivity index (χ4n) is 2.70. The third-order valence-corrected chi connectivity index (χ3v) is 3.47. The highest BCUT2D eigenvalue weighted by atomic mass is 16.7. The summed E-state index contributed by atoms with van der Waals surface area (Å²) >= 11 is 0. The van der Waals surface area contributed by atoms with E-state index in [-0.39, 0.29) is 0 Å². The maximum atomic E-state index is 11.6. The van der Waals surface area contributed by atoms with Crippen molar-refractivity contribution >= 4 is 5.97 Å². The molecule has 3 heterocycles. The van der Waals surface area contributed by atoms with Crippen LogP contribution < -0.4 is 4.74 Å². The fourth-order valence-corrected chi connectivity index (χ4v) is 2.70. The maximum Gasteiger partial charge on any atom is 0.339 e. The van der Waals surface area contributed by atoms with Gasteiger partial charge >= 0.3 is 5.97 Å². The van der Waals surface area contributed by atoms with E-state index in [4.69, 9.17) is 18.9 Å². The van der Waals surface area contributed by atoms with E-state index in [2.05, 4.69) is 4.98 Å². The van der Waals surface area contributed by atoms with Crippen molar-refractivity contribution in [2.24, 2.45) is 0 Å². The van der Waals surface area contributed by atoms with Crippen molar-refractivity contribution in [2.45, 2.75) is 31.7 Å². The second kappa shape index (κ2) is 4.43. The van der Waals surface area contributed by atoms with Crippen molar-refractivity contribution in [2.75, 3.05) is 20.3 Å². The number of carbonyl (C=O) groups is 1. The Hall–Kier alpha value is -1.66. The molecule has 0 atom stereocenters. The monoisotopic (exact) mass is 279 g/mol. The molecule has 0 bridgehead atoms. The van der Waals surface area contributed by atoms with Crippen molar-refractivity contribution in [3.63, 3.8) is 0 Å². The number of esters is 1. The highest BCUT2D eigenvalue weighted by Crippen LogP contribution is 2.47. The molecule has 1 saturated heterocycles. The number of aromatic nitrogens is 1. The topological polar surface area (TPSA) is 66.9 Å². The molecule has 0 saturated carbocycles. The van der Waals surface area contributed by atoms with Crippen molar-refractivity contribution in [1.82, 2.24) is 4.98 Å². The van der Waals surface area contributed by atoms with E-state index in [1.165, 1.54) is 13.3 Å². The summed E-state index contributed by atoms with van der Waals surface area (Å²) in [4.78, 5) is 15.9. The highest BCUT2D eigenvalue weighted by Gasteiger charge is 2.50. The van der Waals surface area contributed by atoms with Crippen molar-refractivity contribution in [1.29, 1.82) is 0 Å². The summed E-state index contributed by atoms with van der Waals surface area (Å²) in [7, 11) is 1.33. The van der Waals surface area contributed by atoms with E-state index in [0.29, 0.717) is 36.6 Å². The third-order valence-electron chi connectivity index (χ3n) is 3.47. The number of hydrogen-bond acceptors (Lipinski definition) is 6. The maximum absolute atomic E-state index is 11.6. The van der Waals surface area contributed by atoms with Crippen molar-refractivity contribution in [3.8, 4) is 5.88 Å². The van der Waals surface area contributed by atoms with Crippen molar-refractivity contribution in [3.05, 3.63) is 23.4 Å². The molecule has 1 aromatic heterocycles. The van der Waals surface area contributed by atoms with Gasteiger partial charge < -0.3 is 18.9 Å². The van der Waals surface area contributed by atoms with E-state index in [0.717, 1.165) is 0 Å². The number of rotatable bonds is 1. The number of pyridine rings is 1. The summed E-state index contributed by atoms with van der Waals surface area (Å²) in [6.45, 7) is 4.94. The Morgan fingerprint density at radius 1 is 1.35 bits per heavy atom. The SMILES string of the molecule is COC(=O)c1cnc2c(c1)C1(CC(C)(C)O2)OCCO1. The van der Waals surface area contributed by atoms with Gasteiger partial charge in [-0.15, -0.1) is 0 Å². The summed E-state index contributed by atoms with van der Waals surface area (Å²) in [5, 5.41) is 0. The summed E-state index contributed by atoms with van der Waals surface area (Å²) in [5.41, 5.74) is 0.558. The fraction of sp³-hybridized carbons (Fsp3) is 0.571. The van der Waals surface area contributed by atoms with Crippen LogP contribution in [0.3, 0.4) is 0 Å².